The van der Waals surface area contributed by atoms with Crippen LogP contribution in [0.5, 0.6) is 0 Å². The van der Waals surface area contributed by atoms with Crippen LogP contribution in [0.1, 0.15) is 34.9 Å². The van der Waals surface area contributed by atoms with Crippen molar-refractivity contribution >= 4 is 11.4 Å². The highest BCUT2D eigenvalue weighted by molar-refractivity contribution is 6.01. The van der Waals surface area contributed by atoms with E-state index in [1.54, 1.807) is 0 Å². The highest BCUT2D eigenvalue weighted by Gasteiger charge is 2.34. The Balaban J connectivity index is 1.88. The molecule has 0 amide bonds. The molecule has 1 aliphatic rings. The lowest BCUT2D eigenvalue weighted by Crippen LogP contribution is -2.21. The normalized spacial score (nSPS) is 20.2. The maximum absolute atomic E-state index is 12.5. The number of ketones is 1. The molecule has 3 aromatic carbocycles. The molecule has 0 bridgehead atoms. The second-order valence-electron chi connectivity index (χ2n) is 6.54. The number of hydrogen-bond acceptors (Lipinski definition) is 1. The van der Waals surface area contributed by atoms with E-state index in [4.69, 9.17) is 0 Å². The fourth-order valence-electron chi connectivity index (χ4n) is 3.85. The molecule has 3 aromatic rings. The van der Waals surface area contributed by atoms with Gasteiger partial charge in [0.2, 0.25) is 0 Å². The Bertz CT molecular complexity index is 879. The molecule has 2 unspecified atom stereocenters. The van der Waals surface area contributed by atoms with Gasteiger partial charge in [0.05, 0.1) is 0 Å². The summed E-state index contributed by atoms with van der Waals surface area (Å²) in [6, 6.07) is 31.3. The number of carbonyl (C=O) groups is 1. The van der Waals surface area contributed by atoms with Crippen molar-refractivity contribution in [1.82, 2.24) is 0 Å². The maximum atomic E-state index is 12.5. The minimum Gasteiger partial charge on any atom is -0.295 e. The molecule has 0 aliphatic heterocycles. The molecular weight excluding hydrogens is 304 g/mol. The molecule has 0 fully saturated rings. The summed E-state index contributed by atoms with van der Waals surface area (Å²) in [7, 11) is 0. The Kier molecular flexibility index (Phi) is 4.30. The predicted molar refractivity (Wildman–Crippen MR) is 102 cm³/mol. The van der Waals surface area contributed by atoms with Gasteiger partial charge < -0.3 is 0 Å². The largest absolute Gasteiger partial charge is 0.295 e. The number of benzene rings is 3. The van der Waals surface area contributed by atoms with Gasteiger partial charge in [0.25, 0.3) is 0 Å². The van der Waals surface area contributed by atoms with Gasteiger partial charge in [-0.2, -0.15) is 0 Å². The summed E-state index contributed by atoms with van der Waals surface area (Å²) in [6.45, 7) is 0. The lowest BCUT2D eigenvalue weighted by molar-refractivity contribution is -0.115. The zero-order valence-electron chi connectivity index (χ0n) is 14.0. The molecule has 1 nitrogen and oxygen atoms in total. The second-order valence-corrected chi connectivity index (χ2v) is 6.54. The summed E-state index contributed by atoms with van der Waals surface area (Å²) in [5, 5.41) is 0. The quantitative estimate of drug-likeness (QED) is 0.612. The topological polar surface area (TPSA) is 17.1 Å². The van der Waals surface area contributed by atoms with Crippen molar-refractivity contribution in [2.75, 3.05) is 0 Å². The zero-order valence-corrected chi connectivity index (χ0v) is 14.0. The van der Waals surface area contributed by atoms with E-state index >= 15 is 0 Å². The van der Waals surface area contributed by atoms with Gasteiger partial charge in [-0.25, -0.2) is 0 Å². The van der Waals surface area contributed by atoms with E-state index in [2.05, 4.69) is 60.7 Å². The smallest absolute Gasteiger partial charge is 0.156 e. The summed E-state index contributed by atoms with van der Waals surface area (Å²) in [4.78, 5) is 12.5. The zero-order chi connectivity index (χ0) is 17.1. The van der Waals surface area contributed by atoms with Crippen LogP contribution in [-0.2, 0) is 4.79 Å². The second kappa shape index (κ2) is 6.90. The summed E-state index contributed by atoms with van der Waals surface area (Å²) in [5.41, 5.74) is 4.74. The summed E-state index contributed by atoms with van der Waals surface area (Å²) < 4.78 is 0. The average molecular weight is 324 g/mol. The lowest BCUT2D eigenvalue weighted by Gasteiger charge is -2.33. The van der Waals surface area contributed by atoms with Gasteiger partial charge in [0, 0.05) is 18.3 Å². The summed E-state index contributed by atoms with van der Waals surface area (Å²) >= 11 is 0. The molecule has 0 saturated carbocycles. The number of allylic oxidation sites excluding steroid dienone is 2. The highest BCUT2D eigenvalue weighted by atomic mass is 16.1. The molecular formula is C24H20O. The van der Waals surface area contributed by atoms with Gasteiger partial charge in [-0.15, -0.1) is 0 Å². The van der Waals surface area contributed by atoms with E-state index in [-0.39, 0.29) is 17.6 Å². The Morgan fingerprint density at radius 2 is 1.16 bits per heavy atom. The SMILES string of the molecule is O=C1C=C(c2ccccc2)C(c2ccccc2)C(c2ccccc2)C1. The molecule has 0 saturated heterocycles. The van der Waals surface area contributed by atoms with Gasteiger partial charge in [-0.1, -0.05) is 91.0 Å². The van der Waals surface area contributed by atoms with Gasteiger partial charge >= 0.3 is 0 Å². The van der Waals surface area contributed by atoms with Crippen LogP contribution in [-0.4, -0.2) is 5.78 Å². The standard InChI is InChI=1S/C24H20O/c25-21-16-22(18-10-4-1-5-11-18)24(20-14-8-3-9-15-20)23(17-21)19-12-6-2-7-13-19/h1-16,23-24H,17H2. The first-order valence-electron chi connectivity index (χ1n) is 8.72. The van der Waals surface area contributed by atoms with Crippen LogP contribution in [0, 0.1) is 0 Å². The van der Waals surface area contributed by atoms with Crippen LogP contribution in [0.25, 0.3) is 5.57 Å². The van der Waals surface area contributed by atoms with Crippen molar-refractivity contribution in [2.24, 2.45) is 0 Å². The predicted octanol–water partition coefficient (Wildman–Crippen LogP) is 5.61. The first-order chi connectivity index (χ1) is 12.3. The molecule has 0 N–H and O–H groups in total. The van der Waals surface area contributed by atoms with Gasteiger partial charge in [0.1, 0.15) is 0 Å². The van der Waals surface area contributed by atoms with Gasteiger partial charge in [0.15, 0.2) is 5.78 Å². The van der Waals surface area contributed by atoms with Gasteiger partial charge in [-0.3, -0.25) is 4.79 Å². The molecule has 0 radical (unpaired) electrons. The van der Waals surface area contributed by atoms with Crippen molar-refractivity contribution in [1.29, 1.82) is 0 Å². The molecule has 0 aromatic heterocycles. The molecule has 0 heterocycles. The van der Waals surface area contributed by atoms with E-state index in [9.17, 15) is 4.79 Å². The Morgan fingerprint density at radius 1 is 0.640 bits per heavy atom. The van der Waals surface area contributed by atoms with Gasteiger partial charge in [-0.05, 0) is 28.3 Å². The van der Waals surface area contributed by atoms with Crippen LogP contribution in [0.2, 0.25) is 0 Å². The van der Waals surface area contributed by atoms with E-state index in [0.29, 0.717) is 6.42 Å². The van der Waals surface area contributed by atoms with E-state index in [1.807, 2.05) is 36.4 Å². The Hall–Kier alpha value is -2.93. The number of hydrogen-bond donors (Lipinski definition) is 0. The van der Waals surface area contributed by atoms with E-state index in [1.165, 1.54) is 11.1 Å². The van der Waals surface area contributed by atoms with E-state index in [0.717, 1.165) is 11.1 Å². The first-order valence-corrected chi connectivity index (χ1v) is 8.72. The number of carbonyl (C=O) groups excluding carboxylic acids is 1. The first kappa shape index (κ1) is 15.6. The van der Waals surface area contributed by atoms with Crippen LogP contribution in [0.15, 0.2) is 97.1 Å². The van der Waals surface area contributed by atoms with Crippen molar-refractivity contribution < 1.29 is 4.79 Å². The van der Waals surface area contributed by atoms with Crippen molar-refractivity contribution in [3.05, 3.63) is 114 Å². The molecule has 1 heteroatoms. The third-order valence-electron chi connectivity index (χ3n) is 4.97. The summed E-state index contributed by atoms with van der Waals surface area (Å²) in [6.07, 6.45) is 2.41. The van der Waals surface area contributed by atoms with Crippen LogP contribution >= 0.6 is 0 Å². The fraction of sp³-hybridized carbons (Fsp3) is 0.125. The number of rotatable bonds is 3. The third kappa shape index (κ3) is 3.18. The monoisotopic (exact) mass is 324 g/mol. The van der Waals surface area contributed by atoms with Crippen molar-refractivity contribution in [3.8, 4) is 0 Å². The van der Waals surface area contributed by atoms with Crippen molar-refractivity contribution in [2.45, 2.75) is 18.3 Å². The van der Waals surface area contributed by atoms with Crippen LogP contribution in [0.3, 0.4) is 0 Å². The maximum Gasteiger partial charge on any atom is 0.156 e. The lowest BCUT2D eigenvalue weighted by atomic mass is 9.69. The highest BCUT2D eigenvalue weighted by Crippen LogP contribution is 2.47. The molecule has 2 atom stereocenters. The Morgan fingerprint density at radius 3 is 1.76 bits per heavy atom. The molecule has 4 rings (SSSR count). The average Bonchev–Trinajstić information content (AvgIpc) is 2.69. The summed E-state index contributed by atoms with van der Waals surface area (Å²) in [5.74, 6) is 0.555. The third-order valence-corrected chi connectivity index (χ3v) is 4.97. The minimum atomic E-state index is 0.163. The molecule has 1 aliphatic carbocycles. The Labute approximate surface area is 148 Å². The molecule has 0 spiro atoms. The molecule has 122 valence electrons. The van der Waals surface area contributed by atoms with E-state index < -0.39 is 0 Å². The van der Waals surface area contributed by atoms with Crippen LogP contribution < -0.4 is 0 Å². The minimum absolute atomic E-state index is 0.163. The van der Waals surface area contributed by atoms with Crippen LogP contribution in [0.4, 0.5) is 0 Å². The fourth-order valence-corrected chi connectivity index (χ4v) is 3.85. The molecule has 25 heavy (non-hydrogen) atoms. The van der Waals surface area contributed by atoms with Crippen molar-refractivity contribution in [3.63, 3.8) is 0 Å².